The summed E-state index contributed by atoms with van der Waals surface area (Å²) in [7, 11) is -3.57. The van der Waals surface area contributed by atoms with Gasteiger partial charge < -0.3 is 4.42 Å². The lowest BCUT2D eigenvalue weighted by molar-refractivity contribution is 0.503. The maximum atomic E-state index is 12.3. The monoisotopic (exact) mass is 376 g/mol. The van der Waals surface area contributed by atoms with Gasteiger partial charge in [-0.15, -0.1) is 10.2 Å². The van der Waals surface area contributed by atoms with Crippen LogP contribution in [-0.4, -0.2) is 39.6 Å². The van der Waals surface area contributed by atoms with Gasteiger partial charge in [0, 0.05) is 30.7 Å². The van der Waals surface area contributed by atoms with Crippen LogP contribution in [0, 0.1) is 6.92 Å². The maximum Gasteiger partial charge on any atom is 0.249 e. The number of aromatic nitrogens is 5. The van der Waals surface area contributed by atoms with Crippen LogP contribution in [0.15, 0.2) is 35.0 Å². The second kappa shape index (κ2) is 7.24. The molecule has 3 aromatic rings. The summed E-state index contributed by atoms with van der Waals surface area (Å²) in [4.78, 5) is 4.00. The van der Waals surface area contributed by atoms with E-state index in [0.717, 1.165) is 29.2 Å². The zero-order chi connectivity index (χ0) is 18.7. The summed E-state index contributed by atoms with van der Waals surface area (Å²) in [5.41, 5.74) is 1.55. The molecule has 0 radical (unpaired) electrons. The van der Waals surface area contributed by atoms with Crippen LogP contribution in [0.3, 0.4) is 0 Å². The Balaban J connectivity index is 1.89. The fourth-order valence-corrected chi connectivity index (χ4v) is 3.24. The maximum absolute atomic E-state index is 12.3. The van der Waals surface area contributed by atoms with Gasteiger partial charge in [0.25, 0.3) is 0 Å². The molecule has 0 aliphatic carbocycles. The van der Waals surface area contributed by atoms with Gasteiger partial charge in [-0.2, -0.15) is 5.10 Å². The first kappa shape index (κ1) is 18.1. The van der Waals surface area contributed by atoms with Crippen molar-refractivity contribution in [1.29, 1.82) is 0 Å². The van der Waals surface area contributed by atoms with E-state index in [9.17, 15) is 8.42 Å². The highest BCUT2D eigenvalue weighted by molar-refractivity contribution is 7.92. The highest BCUT2D eigenvalue weighted by Gasteiger charge is 2.24. The Morgan fingerprint density at radius 1 is 1.31 bits per heavy atom. The molecule has 0 unspecified atom stereocenters. The Morgan fingerprint density at radius 2 is 2.12 bits per heavy atom. The van der Waals surface area contributed by atoms with E-state index >= 15 is 0 Å². The number of aryl methyl sites for hydroxylation is 2. The number of hydrogen-bond acceptors (Lipinski definition) is 7. The third kappa shape index (κ3) is 3.90. The van der Waals surface area contributed by atoms with Crippen molar-refractivity contribution in [3.63, 3.8) is 0 Å². The number of nitrogens with zero attached hydrogens (tertiary/aromatic N) is 6. The van der Waals surface area contributed by atoms with Crippen LogP contribution < -0.4 is 4.31 Å². The number of sulfonamides is 1. The molecule has 3 rings (SSSR count). The van der Waals surface area contributed by atoms with Crippen LogP contribution in [-0.2, 0) is 23.1 Å². The second-order valence-electron chi connectivity index (χ2n) is 5.88. The van der Waals surface area contributed by atoms with Crippen molar-refractivity contribution < 1.29 is 12.8 Å². The van der Waals surface area contributed by atoms with Gasteiger partial charge in [-0.1, -0.05) is 6.92 Å². The summed E-state index contributed by atoms with van der Waals surface area (Å²) in [6, 6.07) is 5.27. The molecular formula is C16H20N6O3S. The molecule has 0 aromatic carbocycles. The standard InChI is InChI=1S/C16H20N6O3S/c1-4-8-21-12(2)9-14(20-21)22(26(3,23)24)11-15-18-19-16(25-15)13-6-5-7-17-10-13/h5-7,9-10H,4,8,11H2,1-3H3. The number of hydrogen-bond donors (Lipinski definition) is 0. The Kier molecular flexibility index (Phi) is 5.03. The molecule has 0 fully saturated rings. The molecule has 3 heterocycles. The highest BCUT2D eigenvalue weighted by atomic mass is 32.2. The zero-order valence-electron chi connectivity index (χ0n) is 14.8. The number of anilines is 1. The van der Waals surface area contributed by atoms with E-state index in [0.29, 0.717) is 11.4 Å². The largest absolute Gasteiger partial charge is 0.419 e. The van der Waals surface area contributed by atoms with Gasteiger partial charge in [-0.25, -0.2) is 12.7 Å². The van der Waals surface area contributed by atoms with Crippen molar-refractivity contribution in [2.45, 2.75) is 33.4 Å². The Hall–Kier alpha value is -2.75. The normalized spacial score (nSPS) is 11.7. The van der Waals surface area contributed by atoms with Gasteiger partial charge in [0.05, 0.1) is 11.8 Å². The van der Waals surface area contributed by atoms with Gasteiger partial charge in [0.1, 0.15) is 6.54 Å². The Labute approximate surface area is 151 Å². The molecule has 3 aromatic heterocycles. The van der Waals surface area contributed by atoms with Crippen LogP contribution in [0.25, 0.3) is 11.5 Å². The van der Waals surface area contributed by atoms with Crippen LogP contribution in [0.1, 0.15) is 24.9 Å². The van der Waals surface area contributed by atoms with Crippen molar-refractivity contribution in [3.05, 3.63) is 42.2 Å². The fraction of sp³-hybridized carbons (Fsp3) is 0.375. The van der Waals surface area contributed by atoms with Crippen molar-refractivity contribution in [2.75, 3.05) is 10.6 Å². The van der Waals surface area contributed by atoms with Crippen molar-refractivity contribution in [3.8, 4) is 11.5 Å². The molecule has 26 heavy (non-hydrogen) atoms. The van der Waals surface area contributed by atoms with Gasteiger partial charge >= 0.3 is 0 Å². The van der Waals surface area contributed by atoms with E-state index < -0.39 is 10.0 Å². The minimum atomic E-state index is -3.57. The quantitative estimate of drug-likeness (QED) is 0.621. The Bertz CT molecular complexity index is 981. The summed E-state index contributed by atoms with van der Waals surface area (Å²) in [5, 5.41) is 12.3. The van der Waals surface area contributed by atoms with Crippen molar-refractivity contribution >= 4 is 15.8 Å². The average molecular weight is 376 g/mol. The molecular weight excluding hydrogens is 356 g/mol. The fourth-order valence-electron chi connectivity index (χ4n) is 2.47. The molecule has 138 valence electrons. The molecule has 0 amide bonds. The van der Waals surface area contributed by atoms with Crippen molar-refractivity contribution in [2.24, 2.45) is 0 Å². The summed E-state index contributed by atoms with van der Waals surface area (Å²) < 4.78 is 33.1. The summed E-state index contributed by atoms with van der Waals surface area (Å²) in [6.45, 7) is 4.55. The van der Waals surface area contributed by atoms with E-state index in [1.807, 2.05) is 13.8 Å². The van der Waals surface area contributed by atoms with Gasteiger partial charge in [-0.05, 0) is 25.5 Å². The van der Waals surface area contributed by atoms with E-state index in [-0.39, 0.29) is 18.3 Å². The minimum absolute atomic E-state index is 0.0886. The van der Waals surface area contributed by atoms with Crippen LogP contribution in [0.4, 0.5) is 5.82 Å². The first-order valence-corrected chi connectivity index (χ1v) is 9.98. The smallest absolute Gasteiger partial charge is 0.249 e. The Morgan fingerprint density at radius 3 is 2.77 bits per heavy atom. The number of rotatable bonds is 7. The SMILES string of the molecule is CCCn1nc(N(Cc2nnc(-c3cccnc3)o2)S(C)(=O)=O)cc1C. The lowest BCUT2D eigenvalue weighted by atomic mass is 10.3. The predicted octanol–water partition coefficient (Wildman–Crippen LogP) is 2.01. The topological polar surface area (TPSA) is 107 Å². The second-order valence-corrected chi connectivity index (χ2v) is 7.79. The first-order valence-electron chi connectivity index (χ1n) is 8.13. The lowest BCUT2D eigenvalue weighted by Crippen LogP contribution is -2.30. The highest BCUT2D eigenvalue weighted by Crippen LogP contribution is 2.22. The zero-order valence-corrected chi connectivity index (χ0v) is 15.6. The van der Waals surface area contributed by atoms with E-state index in [1.54, 1.807) is 35.3 Å². The average Bonchev–Trinajstić information content (AvgIpc) is 3.20. The molecule has 0 aliphatic rings. The van der Waals surface area contributed by atoms with Gasteiger partial charge in [0.15, 0.2) is 5.82 Å². The third-order valence-corrected chi connectivity index (χ3v) is 4.83. The van der Waals surface area contributed by atoms with Crippen LogP contribution >= 0.6 is 0 Å². The van der Waals surface area contributed by atoms with E-state index in [1.165, 1.54) is 0 Å². The van der Waals surface area contributed by atoms with Gasteiger partial charge in [0.2, 0.25) is 21.8 Å². The first-order chi connectivity index (χ1) is 12.4. The molecule has 0 atom stereocenters. The molecule has 0 spiro atoms. The van der Waals surface area contributed by atoms with Crippen LogP contribution in [0.2, 0.25) is 0 Å². The summed E-state index contributed by atoms with van der Waals surface area (Å²) >= 11 is 0. The molecule has 0 aliphatic heterocycles. The lowest BCUT2D eigenvalue weighted by Gasteiger charge is -2.17. The molecule has 0 N–H and O–H groups in total. The predicted molar refractivity (Wildman–Crippen MR) is 95.8 cm³/mol. The summed E-state index contributed by atoms with van der Waals surface area (Å²) in [5.74, 6) is 0.797. The third-order valence-electron chi connectivity index (χ3n) is 3.71. The molecule has 0 bridgehead atoms. The van der Waals surface area contributed by atoms with E-state index in [4.69, 9.17) is 4.42 Å². The van der Waals surface area contributed by atoms with E-state index in [2.05, 4.69) is 20.3 Å². The molecule has 9 nitrogen and oxygen atoms in total. The number of pyridine rings is 1. The molecule has 0 saturated heterocycles. The summed E-state index contributed by atoms with van der Waals surface area (Å²) in [6.07, 6.45) is 5.26. The molecule has 0 saturated carbocycles. The van der Waals surface area contributed by atoms with Crippen LogP contribution in [0.5, 0.6) is 0 Å². The molecule has 10 heteroatoms. The van der Waals surface area contributed by atoms with Crippen molar-refractivity contribution in [1.82, 2.24) is 25.0 Å². The van der Waals surface area contributed by atoms with Gasteiger partial charge in [-0.3, -0.25) is 9.67 Å². The minimum Gasteiger partial charge on any atom is -0.419 e.